The normalized spacial score (nSPS) is 9.96. The molecule has 2 aromatic carbocycles. The van der Waals surface area contributed by atoms with Gasteiger partial charge in [0.25, 0.3) is 5.91 Å². The number of rotatable bonds is 7. The van der Waals surface area contributed by atoms with Gasteiger partial charge >= 0.3 is 0 Å². The number of halogens is 2. The predicted molar refractivity (Wildman–Crippen MR) is 111 cm³/mol. The lowest BCUT2D eigenvalue weighted by molar-refractivity contribution is -0.115. The Hall–Kier alpha value is -1.89. The highest BCUT2D eigenvalue weighted by Crippen LogP contribution is 2.14. The summed E-state index contributed by atoms with van der Waals surface area (Å²) in [6.07, 6.45) is 0.285. The summed E-state index contributed by atoms with van der Waals surface area (Å²) in [6.45, 7) is 1.35. The Balaban J connectivity index is 0.00000338. The summed E-state index contributed by atoms with van der Waals surface area (Å²) in [5.74, 6) is -0.185. The first-order chi connectivity index (χ1) is 12.0. The van der Waals surface area contributed by atoms with E-state index in [0.29, 0.717) is 17.8 Å². The highest BCUT2D eigenvalue weighted by molar-refractivity contribution is 9.10. The molecule has 0 saturated heterocycles. The summed E-state index contributed by atoms with van der Waals surface area (Å²) >= 11 is 3.37. The molecule has 2 N–H and O–H groups in total. The molecule has 5 nitrogen and oxygen atoms in total. The van der Waals surface area contributed by atoms with Gasteiger partial charge in [-0.3, -0.25) is 9.59 Å². The average molecular weight is 441 g/mol. The first-order valence-electron chi connectivity index (χ1n) is 8.04. The summed E-state index contributed by atoms with van der Waals surface area (Å²) in [5, 5.41) is 5.86. The summed E-state index contributed by atoms with van der Waals surface area (Å²) < 4.78 is 0.977. The van der Waals surface area contributed by atoms with Crippen molar-refractivity contribution in [2.45, 2.75) is 6.42 Å². The number of carbonyl (C=O) groups is 2. The fourth-order valence-electron chi connectivity index (χ4n) is 2.32. The van der Waals surface area contributed by atoms with Crippen molar-refractivity contribution >= 4 is 45.8 Å². The van der Waals surface area contributed by atoms with Crippen LogP contribution < -0.4 is 10.6 Å². The molecule has 0 atom stereocenters. The van der Waals surface area contributed by atoms with E-state index in [1.165, 1.54) is 0 Å². The van der Waals surface area contributed by atoms with Gasteiger partial charge in [-0.25, -0.2) is 0 Å². The molecule has 2 amide bonds. The minimum atomic E-state index is -0.115. The third-order valence-corrected chi connectivity index (χ3v) is 4.24. The molecule has 0 aromatic heterocycles. The maximum absolute atomic E-state index is 12.4. The second-order valence-corrected chi connectivity index (χ2v) is 6.68. The largest absolute Gasteiger partial charge is 0.340 e. The molecular formula is C19H23BrClN3O2. The minimum absolute atomic E-state index is 0. The molecule has 0 radical (unpaired) electrons. The number of hydrogen-bond acceptors (Lipinski definition) is 3. The Kier molecular flexibility index (Phi) is 9.34. The Morgan fingerprint density at radius 2 is 1.81 bits per heavy atom. The fourth-order valence-corrected chi connectivity index (χ4v) is 2.59. The van der Waals surface area contributed by atoms with Crippen LogP contribution in [0, 0.1) is 0 Å². The first kappa shape index (κ1) is 22.2. The molecule has 0 spiro atoms. The van der Waals surface area contributed by atoms with Crippen LogP contribution in [0.15, 0.2) is 53.0 Å². The van der Waals surface area contributed by atoms with Crippen molar-refractivity contribution in [3.05, 3.63) is 64.1 Å². The van der Waals surface area contributed by atoms with Crippen LogP contribution in [0.25, 0.3) is 0 Å². The van der Waals surface area contributed by atoms with Gasteiger partial charge in [-0.05, 0) is 42.9 Å². The molecule has 2 rings (SSSR count). The zero-order valence-corrected chi connectivity index (χ0v) is 17.2. The standard InChI is InChI=1S/C19H22BrN3O2.ClH/c1-21-10-11-23(2)19(25)15-4-3-5-17(13-15)22-18(24)12-14-6-8-16(20)9-7-14;/h3-9,13,21H,10-12H2,1-2H3,(H,22,24);1H. The highest BCUT2D eigenvalue weighted by atomic mass is 79.9. The van der Waals surface area contributed by atoms with Crippen LogP contribution in [-0.2, 0) is 11.2 Å². The maximum Gasteiger partial charge on any atom is 0.253 e. The summed E-state index contributed by atoms with van der Waals surface area (Å²) in [6, 6.07) is 14.6. The van der Waals surface area contributed by atoms with Crippen LogP contribution in [-0.4, -0.2) is 43.9 Å². The van der Waals surface area contributed by atoms with Crippen LogP contribution in [0.4, 0.5) is 5.69 Å². The van der Waals surface area contributed by atoms with E-state index in [1.54, 1.807) is 36.2 Å². The molecule has 7 heteroatoms. The number of anilines is 1. The second kappa shape index (κ2) is 11.0. The van der Waals surface area contributed by atoms with Gasteiger partial charge in [-0.1, -0.05) is 34.1 Å². The number of amides is 2. The van der Waals surface area contributed by atoms with Gasteiger partial charge in [0.2, 0.25) is 5.91 Å². The fraction of sp³-hybridized carbons (Fsp3) is 0.263. The van der Waals surface area contributed by atoms with E-state index in [2.05, 4.69) is 26.6 Å². The molecule has 0 fully saturated rings. The van der Waals surface area contributed by atoms with Gasteiger partial charge < -0.3 is 15.5 Å². The molecule has 0 unspecified atom stereocenters. The SMILES string of the molecule is CNCCN(C)C(=O)c1cccc(NC(=O)Cc2ccc(Br)cc2)c1.Cl. The van der Waals surface area contributed by atoms with Crippen LogP contribution >= 0.6 is 28.3 Å². The van der Waals surface area contributed by atoms with Crippen molar-refractivity contribution in [2.75, 3.05) is 32.5 Å². The molecule has 0 saturated carbocycles. The number of benzene rings is 2. The van der Waals surface area contributed by atoms with E-state index in [9.17, 15) is 9.59 Å². The monoisotopic (exact) mass is 439 g/mol. The van der Waals surface area contributed by atoms with Gasteiger partial charge in [0.15, 0.2) is 0 Å². The smallest absolute Gasteiger partial charge is 0.253 e. The third-order valence-electron chi connectivity index (χ3n) is 3.72. The van der Waals surface area contributed by atoms with E-state index in [0.717, 1.165) is 16.6 Å². The molecule has 0 aliphatic rings. The van der Waals surface area contributed by atoms with E-state index in [4.69, 9.17) is 0 Å². The van der Waals surface area contributed by atoms with Crippen LogP contribution in [0.1, 0.15) is 15.9 Å². The summed E-state index contributed by atoms with van der Waals surface area (Å²) in [5.41, 5.74) is 2.11. The number of nitrogens with zero attached hydrogens (tertiary/aromatic N) is 1. The Morgan fingerprint density at radius 1 is 1.12 bits per heavy atom. The van der Waals surface area contributed by atoms with Crippen molar-refractivity contribution < 1.29 is 9.59 Å². The van der Waals surface area contributed by atoms with Gasteiger partial charge in [-0.2, -0.15) is 0 Å². The lowest BCUT2D eigenvalue weighted by Gasteiger charge is -2.17. The van der Waals surface area contributed by atoms with Crippen LogP contribution in [0.5, 0.6) is 0 Å². The minimum Gasteiger partial charge on any atom is -0.340 e. The van der Waals surface area contributed by atoms with Gasteiger partial charge in [0, 0.05) is 35.9 Å². The molecule has 140 valence electrons. The van der Waals surface area contributed by atoms with Crippen molar-refractivity contribution in [3.63, 3.8) is 0 Å². The number of likely N-dealkylation sites (N-methyl/N-ethyl adjacent to an activating group) is 2. The average Bonchev–Trinajstić information content (AvgIpc) is 2.61. The Morgan fingerprint density at radius 3 is 2.46 bits per heavy atom. The number of carbonyl (C=O) groups excluding carboxylic acids is 2. The second-order valence-electron chi connectivity index (χ2n) is 5.76. The molecule has 0 bridgehead atoms. The van der Waals surface area contributed by atoms with Crippen molar-refractivity contribution in [1.29, 1.82) is 0 Å². The van der Waals surface area contributed by atoms with Crippen LogP contribution in [0.3, 0.4) is 0 Å². The van der Waals surface area contributed by atoms with E-state index in [1.807, 2.05) is 31.3 Å². The Labute approximate surface area is 168 Å². The van der Waals surface area contributed by atoms with E-state index in [-0.39, 0.29) is 30.6 Å². The first-order valence-corrected chi connectivity index (χ1v) is 8.83. The molecule has 0 aliphatic carbocycles. The molecule has 0 aliphatic heterocycles. The molecule has 2 aromatic rings. The van der Waals surface area contributed by atoms with Crippen molar-refractivity contribution in [3.8, 4) is 0 Å². The highest BCUT2D eigenvalue weighted by Gasteiger charge is 2.12. The zero-order valence-electron chi connectivity index (χ0n) is 14.8. The van der Waals surface area contributed by atoms with Gasteiger partial charge in [0.1, 0.15) is 0 Å². The lowest BCUT2D eigenvalue weighted by Crippen LogP contribution is -2.32. The lowest BCUT2D eigenvalue weighted by atomic mass is 10.1. The topological polar surface area (TPSA) is 61.4 Å². The Bertz CT molecular complexity index is 738. The van der Waals surface area contributed by atoms with Crippen molar-refractivity contribution in [2.24, 2.45) is 0 Å². The van der Waals surface area contributed by atoms with E-state index >= 15 is 0 Å². The third kappa shape index (κ3) is 6.78. The summed E-state index contributed by atoms with van der Waals surface area (Å²) in [7, 11) is 3.61. The molecule has 26 heavy (non-hydrogen) atoms. The summed E-state index contributed by atoms with van der Waals surface area (Å²) in [4.78, 5) is 26.2. The van der Waals surface area contributed by atoms with Crippen LogP contribution in [0.2, 0.25) is 0 Å². The molecular weight excluding hydrogens is 418 g/mol. The van der Waals surface area contributed by atoms with Crippen molar-refractivity contribution in [1.82, 2.24) is 10.2 Å². The quantitative estimate of drug-likeness (QED) is 0.694. The maximum atomic E-state index is 12.4. The van der Waals surface area contributed by atoms with E-state index < -0.39 is 0 Å². The van der Waals surface area contributed by atoms with Gasteiger partial charge in [-0.15, -0.1) is 12.4 Å². The zero-order chi connectivity index (χ0) is 18.2. The van der Waals surface area contributed by atoms with Gasteiger partial charge in [0.05, 0.1) is 6.42 Å². The number of nitrogens with one attached hydrogen (secondary N) is 2. The number of hydrogen-bond donors (Lipinski definition) is 2. The predicted octanol–water partition coefficient (Wildman–Crippen LogP) is 3.34. The molecule has 0 heterocycles.